The van der Waals surface area contributed by atoms with Crippen LogP contribution >= 0.6 is 11.8 Å². The number of guanidine groups is 1. The summed E-state index contributed by atoms with van der Waals surface area (Å²) in [6, 6.07) is 0. The number of ether oxygens (including phenoxy) is 1. The largest absolute Gasteiger partial charge is 0.452 e. The molecule has 100 valence electrons. The quantitative estimate of drug-likeness (QED) is 0.744. The first-order chi connectivity index (χ1) is 8.39. The van der Waals surface area contributed by atoms with Crippen molar-refractivity contribution >= 4 is 39.2 Å². The molecule has 18 heavy (non-hydrogen) atoms. The summed E-state index contributed by atoms with van der Waals surface area (Å²) in [7, 11) is -3.18. The molecule has 10 heteroatoms. The number of carbonyl (C=O) groups excluding carboxylic acids is 1. The lowest BCUT2D eigenvalue weighted by Gasteiger charge is -2.32. The zero-order valence-corrected chi connectivity index (χ0v) is 11.4. The molecular formula is C8H12N4O4S2. The van der Waals surface area contributed by atoms with Crippen LogP contribution in [0.4, 0.5) is 4.79 Å². The van der Waals surface area contributed by atoms with E-state index in [0.29, 0.717) is 0 Å². The van der Waals surface area contributed by atoms with Crippen molar-refractivity contribution in [3.05, 3.63) is 12.7 Å². The van der Waals surface area contributed by atoms with Gasteiger partial charge in [0.25, 0.3) is 0 Å². The Morgan fingerprint density at radius 3 is 2.72 bits per heavy atom. The Bertz CT molecular complexity index is 513. The van der Waals surface area contributed by atoms with Gasteiger partial charge in [0.05, 0.1) is 13.7 Å². The van der Waals surface area contributed by atoms with E-state index in [1.165, 1.54) is 6.08 Å². The molecule has 1 amide bonds. The number of rotatable bonds is 2. The Morgan fingerprint density at radius 1 is 1.67 bits per heavy atom. The predicted octanol–water partition coefficient (Wildman–Crippen LogP) is 0.455. The second-order valence-corrected chi connectivity index (χ2v) is 5.46. The highest BCUT2D eigenvalue weighted by Gasteiger charge is 2.42. The van der Waals surface area contributed by atoms with Crippen LogP contribution in [0.1, 0.15) is 0 Å². The van der Waals surface area contributed by atoms with Gasteiger partial charge in [-0.3, -0.25) is 5.41 Å². The van der Waals surface area contributed by atoms with Crippen molar-refractivity contribution in [1.82, 2.24) is 8.61 Å². The van der Waals surface area contributed by atoms with Gasteiger partial charge in [-0.05, 0) is 6.26 Å². The van der Waals surface area contributed by atoms with E-state index < -0.39 is 22.3 Å². The fourth-order valence-electron chi connectivity index (χ4n) is 1.20. The summed E-state index contributed by atoms with van der Waals surface area (Å²) in [6.07, 6.45) is 1.79. The minimum absolute atomic E-state index is 0.0528. The summed E-state index contributed by atoms with van der Waals surface area (Å²) in [4.78, 5) is 15.1. The molecule has 0 aromatic rings. The molecular weight excluding hydrogens is 280 g/mol. The van der Waals surface area contributed by atoms with Gasteiger partial charge < -0.3 is 4.74 Å². The highest BCUT2D eigenvalue weighted by Crippen LogP contribution is 2.21. The molecule has 8 nitrogen and oxygen atoms in total. The van der Waals surface area contributed by atoms with E-state index in [9.17, 15) is 13.2 Å². The second kappa shape index (κ2) is 5.40. The molecule has 0 aromatic carbocycles. The van der Waals surface area contributed by atoms with Crippen molar-refractivity contribution < 1.29 is 17.9 Å². The van der Waals surface area contributed by atoms with Crippen molar-refractivity contribution in [2.24, 2.45) is 4.99 Å². The summed E-state index contributed by atoms with van der Waals surface area (Å²) in [5.41, 5.74) is 0. The average Bonchev–Trinajstić information content (AvgIpc) is 2.31. The third-order valence-corrected chi connectivity index (χ3v) is 4.39. The van der Waals surface area contributed by atoms with Crippen molar-refractivity contribution in [3.8, 4) is 0 Å². The van der Waals surface area contributed by atoms with E-state index in [0.717, 1.165) is 23.2 Å². The van der Waals surface area contributed by atoms with Gasteiger partial charge in [-0.25, -0.2) is 9.10 Å². The molecule has 1 aliphatic rings. The number of hydrogen-bond acceptors (Lipinski definition) is 6. The minimum atomic E-state index is -4.20. The number of hydrogen-bond donors (Lipinski definition) is 1. The maximum atomic E-state index is 12.2. The first-order valence-electron chi connectivity index (χ1n) is 4.63. The summed E-state index contributed by atoms with van der Waals surface area (Å²) < 4.78 is 29.7. The number of methoxy groups -OCH3 is 1. The second-order valence-electron chi connectivity index (χ2n) is 2.98. The van der Waals surface area contributed by atoms with Crippen molar-refractivity contribution in [2.75, 3.05) is 19.9 Å². The van der Waals surface area contributed by atoms with Gasteiger partial charge in [-0.15, -0.1) is 10.9 Å². The van der Waals surface area contributed by atoms with Crippen LogP contribution in [0.25, 0.3) is 0 Å². The van der Waals surface area contributed by atoms with Crippen LogP contribution < -0.4 is 0 Å². The predicted molar refractivity (Wildman–Crippen MR) is 68.7 cm³/mol. The number of thioether (sulfide) groups is 1. The van der Waals surface area contributed by atoms with Gasteiger partial charge >= 0.3 is 16.3 Å². The Hall–Kier alpha value is -1.55. The Kier molecular flexibility index (Phi) is 4.35. The van der Waals surface area contributed by atoms with E-state index >= 15 is 0 Å². The fraction of sp³-hybridized carbons (Fsp3) is 0.375. The number of nitrogens with zero attached hydrogens (tertiary/aromatic N) is 3. The molecule has 1 rings (SSSR count). The van der Waals surface area contributed by atoms with E-state index in [1.54, 1.807) is 6.26 Å². The van der Waals surface area contributed by atoms with Gasteiger partial charge in [0, 0.05) is 0 Å². The molecule has 1 heterocycles. The molecule has 0 saturated heterocycles. The smallest absolute Gasteiger partial charge is 0.432 e. The molecule has 0 fully saturated rings. The van der Waals surface area contributed by atoms with Gasteiger partial charge in [0.1, 0.15) is 0 Å². The molecule has 0 unspecified atom stereocenters. The van der Waals surface area contributed by atoms with Crippen LogP contribution in [-0.4, -0.2) is 54.2 Å². The molecule has 0 spiro atoms. The van der Waals surface area contributed by atoms with E-state index in [-0.39, 0.29) is 16.0 Å². The first kappa shape index (κ1) is 14.5. The van der Waals surface area contributed by atoms with E-state index in [2.05, 4.69) is 16.3 Å². The van der Waals surface area contributed by atoms with Crippen molar-refractivity contribution in [2.45, 2.75) is 0 Å². The normalized spacial score (nSPS) is 18.3. The zero-order chi connectivity index (χ0) is 13.9. The van der Waals surface area contributed by atoms with Crippen LogP contribution in [0.5, 0.6) is 0 Å². The minimum Gasteiger partial charge on any atom is -0.452 e. The maximum Gasteiger partial charge on any atom is 0.432 e. The number of nitrogens with one attached hydrogen (secondary N) is 1. The molecule has 1 N–H and O–H groups in total. The summed E-state index contributed by atoms with van der Waals surface area (Å²) in [5, 5.41) is 7.58. The monoisotopic (exact) mass is 292 g/mol. The number of carbonyl (C=O) groups is 1. The summed E-state index contributed by atoms with van der Waals surface area (Å²) >= 11 is 1.05. The number of aliphatic imine (C=N–C) groups is 1. The molecule has 1 aliphatic heterocycles. The highest BCUT2D eigenvalue weighted by atomic mass is 32.2. The Morgan fingerprint density at radius 2 is 2.28 bits per heavy atom. The fourth-order valence-corrected chi connectivity index (χ4v) is 3.41. The zero-order valence-electron chi connectivity index (χ0n) is 9.78. The molecule has 0 aromatic heterocycles. The molecule has 0 saturated carbocycles. The first-order valence-corrected chi connectivity index (χ1v) is 7.25. The van der Waals surface area contributed by atoms with Gasteiger partial charge in [-0.2, -0.15) is 13.4 Å². The highest BCUT2D eigenvalue weighted by molar-refractivity contribution is 8.14. The lowest BCUT2D eigenvalue weighted by Crippen LogP contribution is -2.54. The molecule has 0 radical (unpaired) electrons. The van der Waals surface area contributed by atoms with E-state index in [1.807, 2.05) is 0 Å². The van der Waals surface area contributed by atoms with Crippen LogP contribution in [-0.2, 0) is 14.9 Å². The van der Waals surface area contributed by atoms with Gasteiger partial charge in [-0.1, -0.05) is 17.8 Å². The van der Waals surface area contributed by atoms with Crippen molar-refractivity contribution in [3.63, 3.8) is 0 Å². The maximum absolute atomic E-state index is 12.2. The third-order valence-electron chi connectivity index (χ3n) is 1.93. The third kappa shape index (κ3) is 2.34. The molecule has 0 bridgehead atoms. The number of amides is 1. The van der Waals surface area contributed by atoms with Crippen LogP contribution in [0, 0.1) is 5.41 Å². The van der Waals surface area contributed by atoms with Gasteiger partial charge in [0.2, 0.25) is 5.96 Å². The SMILES string of the molecule is C=CCN1C(SC)=NC(=N)N(C(=O)OC)S1(=O)=O. The van der Waals surface area contributed by atoms with Crippen LogP contribution in [0.15, 0.2) is 17.6 Å². The van der Waals surface area contributed by atoms with Crippen molar-refractivity contribution in [1.29, 1.82) is 5.41 Å². The topological polar surface area (TPSA) is 103 Å². The summed E-state index contributed by atoms with van der Waals surface area (Å²) in [5.74, 6) is -0.702. The van der Waals surface area contributed by atoms with Crippen LogP contribution in [0.2, 0.25) is 0 Å². The summed E-state index contributed by atoms with van der Waals surface area (Å²) in [6.45, 7) is 3.39. The Labute approximate surface area is 109 Å². The number of amidine groups is 1. The standard InChI is InChI=1S/C8H12N4O4S2/c1-4-5-11-7(17-3)10-6(9)12(8(13)16-2)18(11,14)15/h4,9H,1,5H2,2-3H3. The lowest BCUT2D eigenvalue weighted by molar-refractivity contribution is 0.160. The van der Waals surface area contributed by atoms with Crippen LogP contribution in [0.3, 0.4) is 0 Å². The van der Waals surface area contributed by atoms with E-state index in [4.69, 9.17) is 5.41 Å². The average molecular weight is 292 g/mol. The van der Waals surface area contributed by atoms with Gasteiger partial charge in [0.15, 0.2) is 5.17 Å². The molecule has 0 aliphatic carbocycles. The Balaban J connectivity index is 3.35. The lowest BCUT2D eigenvalue weighted by atomic mass is 10.6. The molecule has 0 atom stereocenters.